The van der Waals surface area contributed by atoms with Crippen LogP contribution in [0, 0.1) is 0 Å². The fourth-order valence-electron chi connectivity index (χ4n) is 7.44. The minimum Gasteiger partial charge on any atom is -0.391 e. The Labute approximate surface area is 308 Å². The smallest absolute Gasteiger partial charge is 0.103 e. The molecule has 0 spiro atoms. The highest BCUT2D eigenvalue weighted by Gasteiger charge is 2.17. The van der Waals surface area contributed by atoms with Crippen LogP contribution in [0.1, 0.15) is 71.9 Å². The van der Waals surface area contributed by atoms with Crippen molar-refractivity contribution < 1.29 is 30.0 Å². The summed E-state index contributed by atoms with van der Waals surface area (Å²) in [5.74, 6) is 0. The van der Waals surface area contributed by atoms with Crippen molar-refractivity contribution in [3.8, 4) is 0 Å². The number of quaternary nitrogens is 3. The second-order valence-corrected chi connectivity index (χ2v) is 14.4. The third-order valence-electron chi connectivity index (χ3n) is 10.1. The second kappa shape index (κ2) is 24.8. The number of rotatable bonds is 27. The van der Waals surface area contributed by atoms with Crippen LogP contribution in [0.15, 0.2) is 109 Å². The Balaban J connectivity index is 1.42. The van der Waals surface area contributed by atoms with E-state index in [9.17, 15) is 15.3 Å². The molecule has 4 aromatic rings. The normalized spacial score (nSPS) is 13.2. The Morgan fingerprint density at radius 3 is 0.843 bits per heavy atom. The molecule has 6 nitrogen and oxygen atoms in total. The molecule has 0 aliphatic rings. The van der Waals surface area contributed by atoms with Gasteiger partial charge in [0.15, 0.2) is 0 Å². The van der Waals surface area contributed by atoms with Crippen molar-refractivity contribution in [1.29, 1.82) is 0 Å². The van der Waals surface area contributed by atoms with Gasteiger partial charge in [-0.2, -0.15) is 0 Å². The molecular formula is C45H66N3O3+3. The van der Waals surface area contributed by atoms with Gasteiger partial charge in [-0.3, -0.25) is 0 Å². The van der Waals surface area contributed by atoms with Crippen molar-refractivity contribution in [3.05, 3.63) is 143 Å². The summed E-state index contributed by atoms with van der Waals surface area (Å²) in [6.45, 7) is 8.62. The van der Waals surface area contributed by atoms with E-state index in [1.165, 1.54) is 48.1 Å². The van der Waals surface area contributed by atoms with Crippen molar-refractivity contribution in [1.82, 2.24) is 0 Å². The van der Waals surface area contributed by atoms with Crippen molar-refractivity contribution in [2.45, 2.75) is 77.4 Å². The Morgan fingerprint density at radius 1 is 0.314 bits per heavy atom. The van der Waals surface area contributed by atoms with Crippen LogP contribution in [0.2, 0.25) is 0 Å². The molecule has 0 radical (unpaired) electrons. The topological polar surface area (TPSA) is 74.0 Å². The lowest BCUT2D eigenvalue weighted by molar-refractivity contribution is -0.915. The summed E-state index contributed by atoms with van der Waals surface area (Å²) < 4.78 is 0. The van der Waals surface area contributed by atoms with Crippen LogP contribution < -0.4 is 14.7 Å². The minimum absolute atomic E-state index is 0.190. The zero-order valence-electron chi connectivity index (χ0n) is 31.1. The first-order valence-corrected chi connectivity index (χ1v) is 19.7. The van der Waals surface area contributed by atoms with E-state index in [1.54, 1.807) is 0 Å². The summed E-state index contributed by atoms with van der Waals surface area (Å²) in [6, 6.07) is 39.3. The summed E-state index contributed by atoms with van der Waals surface area (Å²) in [7, 11) is 0. The number of hydrogen-bond donors (Lipinski definition) is 6. The van der Waals surface area contributed by atoms with Crippen LogP contribution in [-0.2, 0) is 38.9 Å². The van der Waals surface area contributed by atoms with Crippen LogP contribution in [0.4, 0.5) is 0 Å². The van der Waals surface area contributed by atoms with Gasteiger partial charge >= 0.3 is 0 Å². The van der Waals surface area contributed by atoms with Gasteiger partial charge in [-0.1, -0.05) is 91.0 Å². The standard InChI is InChI=1S/C45H63N3O3/c49-31-28-46(25-13-10-22-40-16-4-1-5-17-40)37-43-34-44(38-47(29-32-50)26-14-11-23-41-18-6-2-7-19-41)36-45(35-43)39-48(30-33-51)27-15-12-24-42-20-8-3-9-21-42/h1-9,16-21,34-36,49-51H,10-15,22-33,37-39H2/p+3. The van der Waals surface area contributed by atoms with E-state index in [2.05, 4.69) is 109 Å². The van der Waals surface area contributed by atoms with Crippen LogP contribution in [-0.4, -0.2) is 74.4 Å². The molecule has 0 heterocycles. The van der Waals surface area contributed by atoms with Crippen LogP contribution >= 0.6 is 0 Å². The molecule has 0 fully saturated rings. The Kier molecular flexibility index (Phi) is 19.6. The lowest BCUT2D eigenvalue weighted by atomic mass is 10.0. The minimum atomic E-state index is 0.190. The number of benzene rings is 4. The highest BCUT2D eigenvalue weighted by molar-refractivity contribution is 5.29. The van der Waals surface area contributed by atoms with Crippen molar-refractivity contribution in [2.75, 3.05) is 59.1 Å². The first kappa shape index (κ1) is 40.4. The monoisotopic (exact) mass is 697 g/mol. The molecule has 0 saturated heterocycles. The molecule has 6 heteroatoms. The number of nitrogens with one attached hydrogen (secondary N) is 3. The predicted octanol–water partition coefficient (Wildman–Crippen LogP) is 2.89. The number of aliphatic hydroxyl groups is 3. The summed E-state index contributed by atoms with van der Waals surface area (Å²) in [4.78, 5) is 4.28. The van der Waals surface area contributed by atoms with Crippen LogP contribution in [0.25, 0.3) is 0 Å². The highest BCUT2D eigenvalue weighted by atomic mass is 16.3. The van der Waals surface area contributed by atoms with Gasteiger partial charge in [-0.05, 0) is 92.7 Å². The van der Waals surface area contributed by atoms with E-state index in [0.717, 1.165) is 117 Å². The zero-order chi connectivity index (χ0) is 35.8. The van der Waals surface area contributed by atoms with E-state index in [4.69, 9.17) is 0 Å². The number of unbranched alkanes of at least 4 members (excludes halogenated alkanes) is 3. The van der Waals surface area contributed by atoms with E-state index in [-0.39, 0.29) is 19.8 Å². The fourth-order valence-corrected chi connectivity index (χ4v) is 7.44. The van der Waals surface area contributed by atoms with Crippen molar-refractivity contribution in [2.24, 2.45) is 0 Å². The molecule has 0 amide bonds. The lowest BCUT2D eigenvalue weighted by Crippen LogP contribution is -3.11. The molecular weight excluding hydrogens is 631 g/mol. The molecule has 0 saturated carbocycles. The molecule has 4 rings (SSSR count). The molecule has 0 bridgehead atoms. The first-order chi connectivity index (χ1) is 25.1. The fraction of sp³-hybridized carbons (Fsp3) is 0.467. The van der Waals surface area contributed by atoms with Gasteiger partial charge in [0.1, 0.15) is 39.3 Å². The first-order valence-electron chi connectivity index (χ1n) is 19.7. The lowest BCUT2D eigenvalue weighted by Gasteiger charge is -2.23. The maximum atomic E-state index is 9.99. The SMILES string of the molecule is OCC[NH+](CCCCc1ccccc1)Cc1cc(C[NH+](CCO)CCCCc2ccccc2)cc(C[NH+](CCO)CCCCc2ccccc2)c1. The molecule has 51 heavy (non-hydrogen) atoms. The summed E-state index contributed by atoms with van der Waals surface area (Å²) >= 11 is 0. The van der Waals surface area contributed by atoms with Gasteiger partial charge in [0.05, 0.1) is 39.5 Å². The molecule has 4 aromatic carbocycles. The van der Waals surface area contributed by atoms with Gasteiger partial charge in [-0.25, -0.2) is 0 Å². The third kappa shape index (κ3) is 16.7. The molecule has 3 unspecified atom stereocenters. The molecule has 3 atom stereocenters. The quantitative estimate of drug-likeness (QED) is 0.0544. The van der Waals surface area contributed by atoms with Gasteiger partial charge in [0, 0.05) is 16.7 Å². The van der Waals surface area contributed by atoms with Gasteiger partial charge in [-0.15, -0.1) is 0 Å². The zero-order valence-corrected chi connectivity index (χ0v) is 31.1. The van der Waals surface area contributed by atoms with Crippen LogP contribution in [0.3, 0.4) is 0 Å². The van der Waals surface area contributed by atoms with Crippen LogP contribution in [0.5, 0.6) is 0 Å². The average molecular weight is 697 g/mol. The average Bonchev–Trinajstić information content (AvgIpc) is 3.15. The summed E-state index contributed by atoms with van der Waals surface area (Å²) in [5, 5.41) is 30.0. The highest BCUT2D eigenvalue weighted by Crippen LogP contribution is 2.11. The molecule has 0 aliphatic heterocycles. The Bertz CT molecular complexity index is 1250. The predicted molar refractivity (Wildman–Crippen MR) is 209 cm³/mol. The summed E-state index contributed by atoms with van der Waals surface area (Å²) in [5.41, 5.74) is 8.16. The maximum Gasteiger partial charge on any atom is 0.103 e. The Morgan fingerprint density at radius 2 is 0.588 bits per heavy atom. The maximum absolute atomic E-state index is 9.99. The van der Waals surface area contributed by atoms with E-state index < -0.39 is 0 Å². The van der Waals surface area contributed by atoms with E-state index in [0.29, 0.717) is 0 Å². The van der Waals surface area contributed by atoms with Gasteiger partial charge in [0.2, 0.25) is 0 Å². The molecule has 276 valence electrons. The molecule has 6 N–H and O–H groups in total. The number of aryl methyl sites for hydroxylation is 3. The number of aliphatic hydroxyl groups excluding tert-OH is 3. The van der Waals surface area contributed by atoms with Crippen molar-refractivity contribution >= 4 is 0 Å². The number of hydrogen-bond acceptors (Lipinski definition) is 3. The Hall–Kier alpha value is -3.36. The molecule has 0 aromatic heterocycles. The van der Waals surface area contributed by atoms with E-state index in [1.807, 2.05) is 0 Å². The summed E-state index contributed by atoms with van der Waals surface area (Å²) in [6.07, 6.45) is 10.1. The van der Waals surface area contributed by atoms with E-state index >= 15 is 0 Å². The largest absolute Gasteiger partial charge is 0.391 e. The van der Waals surface area contributed by atoms with Gasteiger partial charge in [0.25, 0.3) is 0 Å². The van der Waals surface area contributed by atoms with Crippen molar-refractivity contribution in [3.63, 3.8) is 0 Å². The third-order valence-corrected chi connectivity index (χ3v) is 10.1. The second-order valence-electron chi connectivity index (χ2n) is 14.4. The van der Waals surface area contributed by atoms with Gasteiger partial charge < -0.3 is 30.0 Å². The molecule has 0 aliphatic carbocycles.